The monoisotopic (exact) mass is 350 g/mol. The molecule has 0 saturated heterocycles. The number of benzene rings is 2. The third-order valence-electron chi connectivity index (χ3n) is 3.02. The Kier molecular flexibility index (Phi) is 4.71. The fourth-order valence-electron chi connectivity index (χ4n) is 1.93. The predicted molar refractivity (Wildman–Crippen MR) is 84.9 cm³/mol. The number of rotatable bonds is 5. The minimum absolute atomic E-state index is 0.00889. The maximum absolute atomic E-state index is 11.4. The van der Waals surface area contributed by atoms with Crippen molar-refractivity contribution in [3.63, 3.8) is 0 Å². The number of non-ortho nitro benzene ring substituents is 2. The van der Waals surface area contributed by atoms with Crippen molar-refractivity contribution in [2.24, 2.45) is 0 Å². The molecule has 0 bridgehead atoms. The molecule has 0 aromatic heterocycles. The summed E-state index contributed by atoms with van der Waals surface area (Å²) in [4.78, 5) is 19.4. The molecule has 0 fully saturated rings. The van der Waals surface area contributed by atoms with Crippen LogP contribution in [0.25, 0.3) is 12.2 Å². The van der Waals surface area contributed by atoms with E-state index >= 15 is 0 Å². The quantitative estimate of drug-likeness (QED) is 0.378. The number of hydrogen-bond donors (Lipinski definition) is 1. The summed E-state index contributed by atoms with van der Waals surface area (Å²) in [5, 5.41) is 21.4. The van der Waals surface area contributed by atoms with E-state index in [0.717, 1.165) is 18.2 Å². The van der Waals surface area contributed by atoms with Crippen molar-refractivity contribution < 1.29 is 22.8 Å². The minimum atomic E-state index is -4.68. The summed E-state index contributed by atoms with van der Waals surface area (Å²) >= 11 is 0. The van der Waals surface area contributed by atoms with Crippen LogP contribution in [0.1, 0.15) is 11.1 Å². The molecule has 2 aromatic rings. The van der Waals surface area contributed by atoms with Crippen molar-refractivity contribution in [1.29, 1.82) is 0 Å². The minimum Gasteiger partial charge on any atom is -0.282 e. The zero-order valence-corrected chi connectivity index (χ0v) is 12.7. The van der Waals surface area contributed by atoms with Crippen LogP contribution >= 0.6 is 0 Å². The van der Waals surface area contributed by atoms with Crippen LogP contribution in [0.2, 0.25) is 0 Å². The third kappa shape index (κ3) is 4.00. The lowest BCUT2D eigenvalue weighted by molar-refractivity contribution is -0.385. The van der Waals surface area contributed by atoms with E-state index < -0.39 is 30.5 Å². The fourth-order valence-corrected chi connectivity index (χ4v) is 2.63. The highest BCUT2D eigenvalue weighted by atomic mass is 32.2. The molecule has 0 aliphatic heterocycles. The summed E-state index contributed by atoms with van der Waals surface area (Å²) < 4.78 is 32.0. The van der Waals surface area contributed by atoms with Gasteiger partial charge in [-0.2, -0.15) is 8.42 Å². The first-order valence-corrected chi connectivity index (χ1v) is 7.81. The van der Waals surface area contributed by atoms with Crippen molar-refractivity contribution >= 4 is 33.6 Å². The van der Waals surface area contributed by atoms with Crippen molar-refractivity contribution in [2.45, 2.75) is 4.90 Å². The van der Waals surface area contributed by atoms with E-state index in [2.05, 4.69) is 0 Å². The van der Waals surface area contributed by atoms with Crippen LogP contribution in [0.3, 0.4) is 0 Å². The van der Waals surface area contributed by atoms with Crippen molar-refractivity contribution in [1.82, 2.24) is 0 Å². The molecular formula is C14H10N2O7S. The molecule has 0 radical (unpaired) electrons. The average molecular weight is 350 g/mol. The molecule has 0 heterocycles. The van der Waals surface area contributed by atoms with Crippen LogP contribution in [0.15, 0.2) is 47.4 Å². The van der Waals surface area contributed by atoms with E-state index in [-0.39, 0.29) is 11.3 Å². The van der Waals surface area contributed by atoms with Crippen LogP contribution in [-0.4, -0.2) is 22.8 Å². The average Bonchev–Trinajstić information content (AvgIpc) is 2.52. The van der Waals surface area contributed by atoms with Crippen LogP contribution in [0, 0.1) is 20.2 Å². The lowest BCUT2D eigenvalue weighted by Gasteiger charge is -2.03. The zero-order valence-electron chi connectivity index (χ0n) is 11.9. The highest BCUT2D eigenvalue weighted by Crippen LogP contribution is 2.24. The largest absolute Gasteiger partial charge is 0.295 e. The Balaban J connectivity index is 2.47. The second-order valence-corrected chi connectivity index (χ2v) is 6.03. The third-order valence-corrected chi connectivity index (χ3v) is 3.93. The molecule has 0 saturated carbocycles. The van der Waals surface area contributed by atoms with E-state index in [9.17, 15) is 33.2 Å². The second kappa shape index (κ2) is 6.56. The Morgan fingerprint density at radius 3 is 2.12 bits per heavy atom. The Morgan fingerprint density at radius 2 is 1.54 bits per heavy atom. The van der Waals surface area contributed by atoms with E-state index in [4.69, 9.17) is 0 Å². The van der Waals surface area contributed by atoms with E-state index in [0.29, 0.717) is 5.56 Å². The molecule has 9 nitrogen and oxygen atoms in total. The standard InChI is InChI=1S/C14H10N2O7S/c17-15(18)12-3-1-2-10(8-12)4-5-11-6-7-13(16(19)20)9-14(11)24(21,22)23/h1-9H,(H,21,22,23). The summed E-state index contributed by atoms with van der Waals surface area (Å²) in [5.74, 6) is 0. The van der Waals surface area contributed by atoms with Gasteiger partial charge in [-0.25, -0.2) is 0 Å². The first-order valence-electron chi connectivity index (χ1n) is 6.37. The van der Waals surface area contributed by atoms with Gasteiger partial charge >= 0.3 is 0 Å². The van der Waals surface area contributed by atoms with Gasteiger partial charge in [-0.15, -0.1) is 0 Å². The molecule has 0 aliphatic rings. The Bertz CT molecular complexity index is 951. The van der Waals surface area contributed by atoms with Gasteiger partial charge in [0, 0.05) is 24.3 Å². The lowest BCUT2D eigenvalue weighted by atomic mass is 10.1. The summed E-state index contributed by atoms with van der Waals surface area (Å²) in [7, 11) is -4.68. The molecular weight excluding hydrogens is 340 g/mol. The molecule has 2 aromatic carbocycles. The highest BCUT2D eigenvalue weighted by molar-refractivity contribution is 7.86. The first-order chi connectivity index (χ1) is 11.2. The molecule has 0 spiro atoms. The van der Waals surface area contributed by atoms with Gasteiger partial charge in [-0.05, 0) is 17.2 Å². The van der Waals surface area contributed by atoms with Crippen molar-refractivity contribution in [2.75, 3.05) is 0 Å². The topological polar surface area (TPSA) is 141 Å². The molecule has 0 unspecified atom stereocenters. The summed E-state index contributed by atoms with van der Waals surface area (Å²) in [6.07, 6.45) is 2.68. The van der Waals surface area contributed by atoms with Crippen molar-refractivity contribution in [3.8, 4) is 0 Å². The Morgan fingerprint density at radius 1 is 0.917 bits per heavy atom. The van der Waals surface area contributed by atoms with Crippen LogP contribution in [0.5, 0.6) is 0 Å². The second-order valence-electron chi connectivity index (χ2n) is 4.64. The van der Waals surface area contributed by atoms with Gasteiger partial charge in [0.1, 0.15) is 4.90 Å². The van der Waals surface area contributed by atoms with E-state index in [1.54, 1.807) is 6.07 Å². The van der Waals surface area contributed by atoms with Gasteiger partial charge in [0.05, 0.1) is 9.85 Å². The van der Waals surface area contributed by atoms with Gasteiger partial charge < -0.3 is 0 Å². The summed E-state index contributed by atoms with van der Waals surface area (Å²) in [6.45, 7) is 0. The smallest absolute Gasteiger partial charge is 0.282 e. The number of nitro benzene ring substituents is 2. The zero-order chi connectivity index (χ0) is 17.9. The Labute approximate surface area is 135 Å². The molecule has 2 rings (SSSR count). The maximum Gasteiger partial charge on any atom is 0.295 e. The molecule has 124 valence electrons. The molecule has 24 heavy (non-hydrogen) atoms. The van der Waals surface area contributed by atoms with Crippen molar-refractivity contribution in [3.05, 3.63) is 73.8 Å². The molecule has 10 heteroatoms. The number of nitro groups is 2. The van der Waals surface area contributed by atoms with Crippen LogP contribution in [-0.2, 0) is 10.1 Å². The first kappa shape index (κ1) is 17.2. The van der Waals surface area contributed by atoms with Crippen LogP contribution in [0.4, 0.5) is 11.4 Å². The highest BCUT2D eigenvalue weighted by Gasteiger charge is 2.18. The predicted octanol–water partition coefficient (Wildman–Crippen LogP) is 2.92. The molecule has 0 amide bonds. The SMILES string of the molecule is O=[N+]([O-])c1cccc(C=Cc2ccc([N+](=O)[O-])cc2S(=O)(=O)O)c1. The summed E-state index contributed by atoms with van der Waals surface area (Å²) in [6, 6.07) is 8.57. The maximum atomic E-state index is 11.4. The molecule has 0 aliphatic carbocycles. The van der Waals surface area contributed by atoms with Gasteiger partial charge in [-0.3, -0.25) is 24.8 Å². The van der Waals surface area contributed by atoms with Gasteiger partial charge in [-0.1, -0.05) is 24.3 Å². The number of nitrogens with zero attached hydrogens (tertiary/aromatic N) is 2. The fraction of sp³-hybridized carbons (Fsp3) is 0. The summed E-state index contributed by atoms with van der Waals surface area (Å²) in [5.41, 5.74) is -0.204. The normalized spacial score (nSPS) is 11.5. The van der Waals surface area contributed by atoms with Gasteiger partial charge in [0.15, 0.2) is 0 Å². The van der Waals surface area contributed by atoms with E-state index in [1.807, 2.05) is 0 Å². The molecule has 1 N–H and O–H groups in total. The van der Waals surface area contributed by atoms with Gasteiger partial charge in [0.25, 0.3) is 21.5 Å². The molecule has 0 atom stereocenters. The van der Waals surface area contributed by atoms with Crippen LogP contribution < -0.4 is 0 Å². The lowest BCUT2D eigenvalue weighted by Crippen LogP contribution is -2.02. The Hall–Kier alpha value is -3.11. The van der Waals surface area contributed by atoms with Gasteiger partial charge in [0.2, 0.25) is 0 Å². The van der Waals surface area contributed by atoms with E-state index in [1.165, 1.54) is 30.4 Å². The number of hydrogen-bond acceptors (Lipinski definition) is 6.